The quantitative estimate of drug-likeness (QED) is 0.562. The van der Waals surface area contributed by atoms with Gasteiger partial charge in [0.1, 0.15) is 10.8 Å². The first kappa shape index (κ1) is 20.2. The fraction of sp³-hybridized carbons (Fsp3) is 0.200. The molecule has 0 radical (unpaired) electrons. The highest BCUT2D eigenvalue weighted by Crippen LogP contribution is 2.37. The van der Waals surface area contributed by atoms with Crippen LogP contribution in [0.15, 0.2) is 30.5 Å². The minimum Gasteiger partial charge on any atom is -0.479 e. The average Bonchev–Trinajstić information content (AvgIpc) is 2.55. The molecule has 1 aromatic carbocycles. The predicted octanol–water partition coefficient (Wildman–Crippen LogP) is 4.31. The zero-order valence-electron chi connectivity index (χ0n) is 13.4. The van der Waals surface area contributed by atoms with Gasteiger partial charge in [-0.2, -0.15) is 13.2 Å². The summed E-state index contributed by atoms with van der Waals surface area (Å²) in [6.07, 6.45) is -5.53. The highest BCUT2D eigenvalue weighted by Gasteiger charge is 2.32. The Bertz CT molecular complexity index is 890. The number of halogens is 4. The molecule has 1 atom stereocenters. The standard InChI is InChI=1S/C15H10ClF3N2O6/c1-7(14(22)23)26-12-5-9(2-3-11(12)21(24)25)27-13-10(16)4-8(6-20-13)15(17,18)19/h2-7H,1H3,(H,22,23). The molecule has 0 fully saturated rings. The number of alkyl halides is 3. The number of nitro benzene ring substituents is 1. The van der Waals surface area contributed by atoms with Crippen LogP contribution in [0.3, 0.4) is 0 Å². The zero-order valence-corrected chi connectivity index (χ0v) is 14.1. The number of rotatable bonds is 6. The first-order valence-corrected chi connectivity index (χ1v) is 7.45. The number of hydrogen-bond acceptors (Lipinski definition) is 6. The minimum atomic E-state index is -4.64. The molecule has 0 saturated carbocycles. The molecule has 12 heteroatoms. The number of nitrogens with zero attached hydrogens (tertiary/aromatic N) is 2. The molecule has 0 aliphatic rings. The maximum atomic E-state index is 12.6. The van der Waals surface area contributed by atoms with E-state index < -0.39 is 45.2 Å². The number of nitro groups is 1. The first-order chi connectivity index (χ1) is 12.5. The second-order valence-electron chi connectivity index (χ2n) is 5.10. The highest BCUT2D eigenvalue weighted by molar-refractivity contribution is 6.31. The van der Waals surface area contributed by atoms with Gasteiger partial charge in [0.15, 0.2) is 6.10 Å². The lowest BCUT2D eigenvalue weighted by molar-refractivity contribution is -0.386. The van der Waals surface area contributed by atoms with Crippen molar-refractivity contribution in [1.82, 2.24) is 4.98 Å². The Morgan fingerprint density at radius 3 is 2.56 bits per heavy atom. The molecule has 0 saturated heterocycles. The number of ether oxygens (including phenoxy) is 2. The summed E-state index contributed by atoms with van der Waals surface area (Å²) in [5.74, 6) is -2.25. The summed E-state index contributed by atoms with van der Waals surface area (Å²) in [6, 6.07) is 3.73. The van der Waals surface area contributed by atoms with E-state index in [9.17, 15) is 28.1 Å². The van der Waals surface area contributed by atoms with Crippen LogP contribution in [-0.2, 0) is 11.0 Å². The van der Waals surface area contributed by atoms with E-state index in [0.29, 0.717) is 12.3 Å². The summed E-state index contributed by atoms with van der Waals surface area (Å²) in [4.78, 5) is 24.6. The Hall–Kier alpha value is -3.08. The fourth-order valence-corrected chi connectivity index (χ4v) is 2.02. The molecule has 2 rings (SSSR count). The summed E-state index contributed by atoms with van der Waals surface area (Å²) < 4.78 is 48.1. The van der Waals surface area contributed by atoms with Crippen molar-refractivity contribution < 1.29 is 37.5 Å². The first-order valence-electron chi connectivity index (χ1n) is 7.07. The van der Waals surface area contributed by atoms with Gasteiger partial charge >= 0.3 is 17.8 Å². The SMILES string of the molecule is CC(Oc1cc(Oc2ncc(C(F)(F)F)cc2Cl)ccc1[N+](=O)[O-])C(=O)O. The van der Waals surface area contributed by atoms with Crippen LogP contribution in [0.5, 0.6) is 17.4 Å². The molecule has 0 aliphatic heterocycles. The predicted molar refractivity (Wildman–Crippen MR) is 85.1 cm³/mol. The van der Waals surface area contributed by atoms with Gasteiger partial charge in [-0.25, -0.2) is 9.78 Å². The van der Waals surface area contributed by atoms with Crippen molar-refractivity contribution in [3.63, 3.8) is 0 Å². The number of aliphatic carboxylic acids is 1. The number of carboxylic acids is 1. The van der Waals surface area contributed by atoms with Crippen LogP contribution in [0, 0.1) is 10.1 Å². The van der Waals surface area contributed by atoms with Crippen molar-refractivity contribution in [2.75, 3.05) is 0 Å². The topological polar surface area (TPSA) is 112 Å². The van der Waals surface area contributed by atoms with E-state index in [1.165, 1.54) is 0 Å². The molecule has 27 heavy (non-hydrogen) atoms. The summed E-state index contributed by atoms with van der Waals surface area (Å²) >= 11 is 5.73. The maximum absolute atomic E-state index is 12.6. The molecular weight excluding hydrogens is 397 g/mol. The van der Waals surface area contributed by atoms with Crippen LogP contribution in [0.2, 0.25) is 5.02 Å². The molecular formula is C15H10ClF3N2O6. The molecule has 1 aromatic heterocycles. The lowest BCUT2D eigenvalue weighted by Crippen LogP contribution is -2.23. The molecule has 2 aromatic rings. The molecule has 144 valence electrons. The lowest BCUT2D eigenvalue weighted by Gasteiger charge is -2.13. The minimum absolute atomic E-state index is 0.109. The Morgan fingerprint density at radius 2 is 2.04 bits per heavy atom. The summed E-state index contributed by atoms with van der Waals surface area (Å²) in [5, 5.41) is 19.4. The van der Waals surface area contributed by atoms with E-state index in [4.69, 9.17) is 26.2 Å². The molecule has 1 unspecified atom stereocenters. The van der Waals surface area contributed by atoms with E-state index in [0.717, 1.165) is 25.1 Å². The van der Waals surface area contributed by atoms with Crippen molar-refractivity contribution in [2.45, 2.75) is 19.2 Å². The third-order valence-corrected chi connectivity index (χ3v) is 3.40. The average molecular weight is 407 g/mol. The van der Waals surface area contributed by atoms with Crippen molar-refractivity contribution in [3.8, 4) is 17.4 Å². The van der Waals surface area contributed by atoms with Gasteiger partial charge in [0, 0.05) is 18.3 Å². The number of carbonyl (C=O) groups is 1. The lowest BCUT2D eigenvalue weighted by atomic mass is 10.2. The van der Waals surface area contributed by atoms with E-state index >= 15 is 0 Å². The van der Waals surface area contributed by atoms with E-state index in [2.05, 4.69) is 4.98 Å². The smallest absolute Gasteiger partial charge is 0.417 e. The second kappa shape index (κ2) is 7.66. The van der Waals surface area contributed by atoms with Gasteiger partial charge in [-0.3, -0.25) is 10.1 Å². The summed E-state index contributed by atoms with van der Waals surface area (Å²) in [5.41, 5.74) is -1.61. The van der Waals surface area contributed by atoms with E-state index in [1.54, 1.807) is 0 Å². The number of hydrogen-bond donors (Lipinski definition) is 1. The number of pyridine rings is 1. The number of benzene rings is 1. The van der Waals surface area contributed by atoms with Crippen molar-refractivity contribution >= 4 is 23.3 Å². The largest absolute Gasteiger partial charge is 0.479 e. The molecule has 1 heterocycles. The maximum Gasteiger partial charge on any atom is 0.417 e. The van der Waals surface area contributed by atoms with E-state index in [-0.39, 0.29) is 11.6 Å². The molecule has 0 bridgehead atoms. The molecule has 0 aliphatic carbocycles. The molecule has 8 nitrogen and oxygen atoms in total. The van der Waals surface area contributed by atoms with Crippen molar-refractivity contribution in [3.05, 3.63) is 51.2 Å². The third-order valence-electron chi connectivity index (χ3n) is 3.13. The van der Waals surface area contributed by atoms with Crippen LogP contribution in [0.1, 0.15) is 12.5 Å². The fourth-order valence-electron chi connectivity index (χ4n) is 1.81. The Balaban J connectivity index is 2.34. The molecule has 0 spiro atoms. The monoisotopic (exact) mass is 406 g/mol. The van der Waals surface area contributed by atoms with E-state index in [1.807, 2.05) is 0 Å². The Morgan fingerprint density at radius 1 is 1.37 bits per heavy atom. The molecule has 1 N–H and O–H groups in total. The number of carboxylic acid groups (broad SMARTS) is 1. The van der Waals surface area contributed by atoms with Gasteiger partial charge in [0.2, 0.25) is 11.6 Å². The summed E-state index contributed by atoms with van der Waals surface area (Å²) in [6.45, 7) is 1.16. The number of aromatic nitrogens is 1. The van der Waals surface area contributed by atoms with Gasteiger partial charge in [0.05, 0.1) is 10.5 Å². The van der Waals surface area contributed by atoms with Crippen LogP contribution >= 0.6 is 11.6 Å². The normalized spacial score (nSPS) is 12.3. The second-order valence-corrected chi connectivity index (χ2v) is 5.50. The third kappa shape index (κ3) is 4.97. The highest BCUT2D eigenvalue weighted by atomic mass is 35.5. The van der Waals surface area contributed by atoms with Crippen molar-refractivity contribution in [1.29, 1.82) is 0 Å². The zero-order chi connectivity index (χ0) is 20.4. The van der Waals surface area contributed by atoms with Crippen molar-refractivity contribution in [2.24, 2.45) is 0 Å². The summed E-state index contributed by atoms with van der Waals surface area (Å²) in [7, 11) is 0. The van der Waals surface area contributed by atoms with Crippen LogP contribution in [-0.4, -0.2) is 27.1 Å². The van der Waals surface area contributed by atoms with Gasteiger partial charge in [-0.1, -0.05) is 11.6 Å². The Labute approximate surface area is 154 Å². The van der Waals surface area contributed by atoms with Gasteiger partial charge in [-0.15, -0.1) is 0 Å². The van der Waals surface area contributed by atoms with Crippen LogP contribution < -0.4 is 9.47 Å². The Kier molecular flexibility index (Phi) is 5.74. The van der Waals surface area contributed by atoms with Gasteiger partial charge in [-0.05, 0) is 19.1 Å². The van der Waals surface area contributed by atoms with Gasteiger partial charge in [0.25, 0.3) is 0 Å². The van der Waals surface area contributed by atoms with Crippen LogP contribution in [0.4, 0.5) is 18.9 Å². The van der Waals surface area contributed by atoms with Crippen LogP contribution in [0.25, 0.3) is 0 Å². The molecule has 0 amide bonds. The van der Waals surface area contributed by atoms with Gasteiger partial charge < -0.3 is 14.6 Å².